The first-order valence-corrected chi connectivity index (χ1v) is 4.13. The van der Waals surface area contributed by atoms with Gasteiger partial charge in [-0.05, 0) is 26.3 Å². The van der Waals surface area contributed by atoms with Crippen molar-refractivity contribution in [3.05, 3.63) is 0 Å². The van der Waals surface area contributed by atoms with Crippen LogP contribution in [0.5, 0.6) is 0 Å². The molecule has 2 aliphatic heterocycles. The zero-order valence-electron chi connectivity index (χ0n) is 6.60. The van der Waals surface area contributed by atoms with Gasteiger partial charge in [0.2, 0.25) is 0 Å². The molecule has 2 saturated heterocycles. The van der Waals surface area contributed by atoms with E-state index in [1.165, 1.54) is 25.8 Å². The van der Waals surface area contributed by atoms with E-state index in [-0.39, 0.29) is 0 Å². The van der Waals surface area contributed by atoms with Crippen molar-refractivity contribution in [1.29, 1.82) is 0 Å². The lowest BCUT2D eigenvalue weighted by molar-refractivity contribution is -0.0750. The van der Waals surface area contributed by atoms with Crippen molar-refractivity contribution in [3.63, 3.8) is 0 Å². The van der Waals surface area contributed by atoms with Crippen molar-refractivity contribution in [1.82, 2.24) is 4.90 Å². The van der Waals surface area contributed by atoms with Crippen molar-refractivity contribution in [2.45, 2.75) is 24.8 Å². The van der Waals surface area contributed by atoms with E-state index < -0.39 is 0 Å². The fourth-order valence-corrected chi connectivity index (χ4v) is 2.03. The van der Waals surface area contributed by atoms with Crippen molar-refractivity contribution >= 4 is 0 Å². The molecule has 2 heteroatoms. The molecule has 0 aromatic carbocycles. The van der Waals surface area contributed by atoms with E-state index in [2.05, 4.69) is 11.9 Å². The molecule has 10 heavy (non-hydrogen) atoms. The molecule has 0 aromatic heterocycles. The quantitative estimate of drug-likeness (QED) is 0.496. The summed E-state index contributed by atoms with van der Waals surface area (Å²) < 4.78 is 5.32. The summed E-state index contributed by atoms with van der Waals surface area (Å²) in [6.45, 7) is 3.24. The summed E-state index contributed by atoms with van der Waals surface area (Å²) in [4.78, 5) is 2.48. The molecule has 0 bridgehead atoms. The number of likely N-dealkylation sites (tertiary alicyclic amines) is 1. The first-order valence-electron chi connectivity index (χ1n) is 4.13. The Hall–Kier alpha value is -0.0800. The smallest absolute Gasteiger partial charge is 0.0483 e. The zero-order valence-corrected chi connectivity index (χ0v) is 6.60. The third-order valence-electron chi connectivity index (χ3n) is 3.15. The Morgan fingerprint density at radius 1 is 1.20 bits per heavy atom. The second-order valence-electron chi connectivity index (χ2n) is 3.51. The van der Waals surface area contributed by atoms with Crippen molar-refractivity contribution in [2.24, 2.45) is 0 Å². The number of nitrogens with zero attached hydrogens (tertiary/aromatic N) is 1. The van der Waals surface area contributed by atoms with Crippen LogP contribution in [0.3, 0.4) is 0 Å². The maximum Gasteiger partial charge on any atom is 0.0483 e. The SMILES string of the molecule is CN1CCC12CCOCC2. The average molecular weight is 141 g/mol. The van der Waals surface area contributed by atoms with Crippen LogP contribution in [-0.2, 0) is 4.74 Å². The first-order chi connectivity index (χ1) is 4.83. The first kappa shape index (κ1) is 6.62. The van der Waals surface area contributed by atoms with Crippen LogP contribution in [0.2, 0.25) is 0 Å². The predicted molar refractivity (Wildman–Crippen MR) is 40.0 cm³/mol. The molecular formula is C8H15NO. The lowest BCUT2D eigenvalue weighted by Gasteiger charge is -2.53. The number of hydrogen-bond donors (Lipinski definition) is 0. The molecule has 0 aliphatic carbocycles. The molecule has 2 heterocycles. The molecule has 0 unspecified atom stereocenters. The maximum absolute atomic E-state index is 5.32. The van der Waals surface area contributed by atoms with Crippen LogP contribution in [0.15, 0.2) is 0 Å². The highest BCUT2D eigenvalue weighted by Crippen LogP contribution is 2.37. The average Bonchev–Trinajstić information content (AvgIpc) is 2.04. The molecule has 0 saturated carbocycles. The van der Waals surface area contributed by atoms with Gasteiger partial charge in [-0.25, -0.2) is 0 Å². The van der Waals surface area contributed by atoms with Gasteiger partial charge in [-0.3, -0.25) is 0 Å². The highest BCUT2D eigenvalue weighted by atomic mass is 16.5. The lowest BCUT2D eigenvalue weighted by atomic mass is 9.79. The molecular weight excluding hydrogens is 126 g/mol. The monoisotopic (exact) mass is 141 g/mol. The van der Waals surface area contributed by atoms with Gasteiger partial charge in [-0.1, -0.05) is 0 Å². The van der Waals surface area contributed by atoms with E-state index in [0.717, 1.165) is 13.2 Å². The molecule has 58 valence electrons. The molecule has 0 aromatic rings. The Morgan fingerprint density at radius 3 is 2.20 bits per heavy atom. The predicted octanol–water partition coefficient (Wildman–Crippen LogP) is 0.871. The van der Waals surface area contributed by atoms with Crippen LogP contribution < -0.4 is 0 Å². The second kappa shape index (κ2) is 2.21. The van der Waals surface area contributed by atoms with Crippen molar-refractivity contribution in [3.8, 4) is 0 Å². The van der Waals surface area contributed by atoms with Crippen LogP contribution >= 0.6 is 0 Å². The Bertz CT molecular complexity index is 129. The summed E-state index contributed by atoms with van der Waals surface area (Å²) in [5.74, 6) is 0. The van der Waals surface area contributed by atoms with Gasteiger partial charge in [0.05, 0.1) is 0 Å². The third kappa shape index (κ3) is 0.789. The molecule has 2 nitrogen and oxygen atoms in total. The topological polar surface area (TPSA) is 12.5 Å². The summed E-state index contributed by atoms with van der Waals surface area (Å²) in [5.41, 5.74) is 0.568. The summed E-state index contributed by atoms with van der Waals surface area (Å²) >= 11 is 0. The Labute approximate surface area is 62.2 Å². The van der Waals surface area contributed by atoms with E-state index in [1.807, 2.05) is 0 Å². The van der Waals surface area contributed by atoms with Gasteiger partial charge >= 0.3 is 0 Å². The number of rotatable bonds is 0. The zero-order chi connectivity index (χ0) is 7.03. The van der Waals surface area contributed by atoms with Crippen LogP contribution in [0.25, 0.3) is 0 Å². The molecule has 2 fully saturated rings. The third-order valence-corrected chi connectivity index (χ3v) is 3.15. The molecule has 2 rings (SSSR count). The van der Waals surface area contributed by atoms with Gasteiger partial charge < -0.3 is 9.64 Å². The van der Waals surface area contributed by atoms with Crippen LogP contribution in [0.1, 0.15) is 19.3 Å². The van der Waals surface area contributed by atoms with Gasteiger partial charge in [-0.15, -0.1) is 0 Å². The fourth-order valence-electron chi connectivity index (χ4n) is 2.03. The number of hydrogen-bond acceptors (Lipinski definition) is 2. The van der Waals surface area contributed by atoms with E-state index in [0.29, 0.717) is 5.54 Å². The Balaban J connectivity index is 1.99. The van der Waals surface area contributed by atoms with Crippen molar-refractivity contribution < 1.29 is 4.74 Å². The molecule has 0 amide bonds. The Morgan fingerprint density at radius 2 is 1.90 bits per heavy atom. The van der Waals surface area contributed by atoms with Crippen LogP contribution in [0.4, 0.5) is 0 Å². The summed E-state index contributed by atoms with van der Waals surface area (Å²) in [7, 11) is 2.23. The van der Waals surface area contributed by atoms with E-state index in [9.17, 15) is 0 Å². The van der Waals surface area contributed by atoms with Gasteiger partial charge in [0.15, 0.2) is 0 Å². The van der Waals surface area contributed by atoms with Crippen LogP contribution in [0, 0.1) is 0 Å². The standard InChI is InChI=1S/C8H15NO/c1-9-5-2-8(9)3-6-10-7-4-8/h2-7H2,1H3. The van der Waals surface area contributed by atoms with E-state index in [4.69, 9.17) is 4.74 Å². The van der Waals surface area contributed by atoms with Crippen molar-refractivity contribution in [2.75, 3.05) is 26.8 Å². The number of ether oxygens (including phenoxy) is 1. The molecule has 0 N–H and O–H groups in total. The minimum atomic E-state index is 0.568. The summed E-state index contributed by atoms with van der Waals surface area (Å²) in [5, 5.41) is 0. The maximum atomic E-state index is 5.32. The van der Waals surface area contributed by atoms with E-state index in [1.54, 1.807) is 0 Å². The van der Waals surface area contributed by atoms with Gasteiger partial charge in [0.1, 0.15) is 0 Å². The second-order valence-corrected chi connectivity index (χ2v) is 3.51. The van der Waals surface area contributed by atoms with Gasteiger partial charge in [-0.2, -0.15) is 0 Å². The van der Waals surface area contributed by atoms with Gasteiger partial charge in [0, 0.05) is 25.3 Å². The normalized spacial score (nSPS) is 32.1. The van der Waals surface area contributed by atoms with E-state index >= 15 is 0 Å². The van der Waals surface area contributed by atoms with Gasteiger partial charge in [0.25, 0.3) is 0 Å². The largest absolute Gasteiger partial charge is 0.381 e. The minimum absolute atomic E-state index is 0.568. The highest BCUT2D eigenvalue weighted by molar-refractivity contribution is 4.98. The minimum Gasteiger partial charge on any atom is -0.381 e. The Kier molecular flexibility index (Phi) is 1.46. The lowest BCUT2D eigenvalue weighted by Crippen LogP contribution is -2.60. The molecule has 0 radical (unpaired) electrons. The highest BCUT2D eigenvalue weighted by Gasteiger charge is 2.42. The fraction of sp³-hybridized carbons (Fsp3) is 1.00. The summed E-state index contributed by atoms with van der Waals surface area (Å²) in [6, 6.07) is 0. The molecule has 0 atom stereocenters. The van der Waals surface area contributed by atoms with Crippen LogP contribution in [-0.4, -0.2) is 37.2 Å². The molecule has 2 aliphatic rings. The summed E-state index contributed by atoms with van der Waals surface area (Å²) in [6.07, 6.45) is 3.90. The molecule has 1 spiro atoms.